The first-order valence-corrected chi connectivity index (χ1v) is 0.309. The Kier molecular flexibility index (Phi) is 87.7. The van der Waals surface area contributed by atoms with E-state index < -0.39 is 0 Å². The van der Waals surface area contributed by atoms with E-state index in [1.807, 2.05) is 0 Å². The fourth-order valence-electron chi connectivity index (χ4n) is 0. The molecule has 0 unspecified atom stereocenters. The van der Waals surface area contributed by atoms with Crippen molar-refractivity contribution in [3.63, 3.8) is 0 Å². The van der Waals surface area contributed by atoms with E-state index >= 15 is 0 Å². The quantitative estimate of drug-likeness (QED) is 0.482. The van der Waals surface area contributed by atoms with Gasteiger partial charge in [-0.2, -0.15) is 0 Å². The van der Waals surface area contributed by atoms with Crippen LogP contribution in [0.3, 0.4) is 0 Å². The predicted octanol–water partition coefficient (Wildman–Crippen LogP) is 0.931. The summed E-state index contributed by atoms with van der Waals surface area (Å²) in [4.78, 5) is 0. The summed E-state index contributed by atoms with van der Waals surface area (Å²) < 4.78 is 18.2. The van der Waals surface area contributed by atoms with Gasteiger partial charge < -0.3 is 6.15 Å². The third-order valence-corrected chi connectivity index (χ3v) is 0. The largest absolute Gasteiger partial charge is 4.00 e. The van der Waals surface area contributed by atoms with Crippen LogP contribution in [0, 0.1) is 0 Å². The SMILES string of the molecule is FOF.N.[Ti+4]. The molecule has 3 N–H and O–H groups in total. The molecule has 2 nitrogen and oxygen atoms in total. The third-order valence-electron chi connectivity index (χ3n) is 0. The molecule has 0 atom stereocenters. The number of hydrogen-bond acceptors (Lipinski definition) is 2. The van der Waals surface area contributed by atoms with Gasteiger partial charge in [0.2, 0.25) is 0 Å². The maximum absolute atomic E-state index is 9.12. The Bertz CT molecular complexity index is 9.61. The van der Waals surface area contributed by atoms with Crippen LogP contribution in [0.25, 0.3) is 0 Å². The standard InChI is InChI=1S/F2O.H3N.Ti/c1-3-2;;/h;1H3;/q;;+4. The van der Waals surface area contributed by atoms with E-state index in [-0.39, 0.29) is 27.9 Å². The topological polar surface area (TPSA) is 44.2 Å². The van der Waals surface area contributed by atoms with Crippen LogP contribution in [-0.4, -0.2) is 0 Å². The van der Waals surface area contributed by atoms with Gasteiger partial charge in [0.1, 0.15) is 0 Å². The Labute approximate surface area is 42.8 Å². The van der Waals surface area contributed by atoms with Crippen LogP contribution in [0.1, 0.15) is 0 Å². The van der Waals surface area contributed by atoms with E-state index in [1.165, 1.54) is 5.15 Å². The molecule has 0 saturated heterocycles. The molecule has 0 radical (unpaired) electrons. The zero-order chi connectivity index (χ0) is 2.71. The first-order valence-electron chi connectivity index (χ1n) is 0.309. The van der Waals surface area contributed by atoms with E-state index in [0.717, 1.165) is 0 Å². The molecule has 0 aromatic heterocycles. The summed E-state index contributed by atoms with van der Waals surface area (Å²) in [5, 5.41) is 1.25. The minimum atomic E-state index is 0. The summed E-state index contributed by atoms with van der Waals surface area (Å²) in [7, 11) is 0. The van der Waals surface area contributed by atoms with Gasteiger partial charge in [0.25, 0.3) is 0 Å². The summed E-state index contributed by atoms with van der Waals surface area (Å²) in [6.45, 7) is 0. The smallest absolute Gasteiger partial charge is 0.344 e. The molecule has 0 aromatic carbocycles. The molecule has 5 heteroatoms. The summed E-state index contributed by atoms with van der Waals surface area (Å²) in [6.07, 6.45) is 0. The van der Waals surface area contributed by atoms with Gasteiger partial charge in [0, 0.05) is 5.15 Å². The van der Waals surface area contributed by atoms with Crippen molar-refractivity contribution in [2.45, 2.75) is 0 Å². The molecule has 0 saturated carbocycles. The molecule has 0 amide bonds. The van der Waals surface area contributed by atoms with Crippen LogP contribution in [0.2, 0.25) is 0 Å². The van der Waals surface area contributed by atoms with Crippen molar-refractivity contribution < 1.29 is 35.9 Å². The molecular formula is H3F2NOTi+4. The third kappa shape index (κ3) is 114. The molecule has 0 aliphatic carbocycles. The monoisotopic (exact) mass is 119 g/mol. The molecule has 0 aliphatic rings. The fourth-order valence-corrected chi connectivity index (χ4v) is 0. The maximum atomic E-state index is 9.12. The van der Waals surface area contributed by atoms with E-state index in [2.05, 4.69) is 0 Å². The number of hydrogen-bond donors (Lipinski definition) is 1. The van der Waals surface area contributed by atoms with Crippen molar-refractivity contribution in [2.24, 2.45) is 0 Å². The minimum absolute atomic E-state index is 0. The van der Waals surface area contributed by atoms with Gasteiger partial charge in [-0.1, -0.05) is 0 Å². The van der Waals surface area contributed by atoms with Gasteiger partial charge in [0.15, 0.2) is 0 Å². The zero-order valence-corrected chi connectivity index (χ0v) is 3.93. The van der Waals surface area contributed by atoms with Crippen molar-refractivity contribution in [1.29, 1.82) is 0 Å². The maximum Gasteiger partial charge on any atom is 4.00 e. The van der Waals surface area contributed by atoms with Gasteiger partial charge in [-0.15, -0.1) is 0 Å². The fraction of sp³-hybridized carbons (Fsp3) is 0. The second-order valence-electron chi connectivity index (χ2n) is 0.0583. The van der Waals surface area contributed by atoms with Crippen molar-refractivity contribution in [3.05, 3.63) is 0 Å². The van der Waals surface area contributed by atoms with Gasteiger partial charge >= 0.3 is 21.7 Å². The van der Waals surface area contributed by atoms with Gasteiger partial charge in [-0.3, -0.25) is 0 Å². The molecule has 5 heavy (non-hydrogen) atoms. The Morgan fingerprint density at radius 1 is 1.20 bits per heavy atom. The Balaban J connectivity index is -0.0000000200. The Hall–Kier alpha value is 0.494. The van der Waals surface area contributed by atoms with Crippen LogP contribution in [-0.2, 0) is 26.9 Å². The summed E-state index contributed by atoms with van der Waals surface area (Å²) in [6, 6.07) is 0. The average molecular weight is 119 g/mol. The van der Waals surface area contributed by atoms with Crippen molar-refractivity contribution in [1.82, 2.24) is 6.15 Å². The van der Waals surface area contributed by atoms with Gasteiger partial charge in [-0.05, 0) is 9.05 Å². The molecular weight excluding hydrogens is 116 g/mol. The summed E-state index contributed by atoms with van der Waals surface area (Å²) in [5.41, 5.74) is 0. The van der Waals surface area contributed by atoms with Crippen LogP contribution < -0.4 is 6.15 Å². The molecule has 0 fully saturated rings. The normalized spacial score (nSPS) is 3.60. The number of halogens is 2. The summed E-state index contributed by atoms with van der Waals surface area (Å²) >= 11 is 0. The van der Waals surface area contributed by atoms with E-state index in [0.29, 0.717) is 0 Å². The van der Waals surface area contributed by atoms with Crippen molar-refractivity contribution in [3.8, 4) is 0 Å². The molecule has 0 spiro atoms. The van der Waals surface area contributed by atoms with Crippen LogP contribution in [0.15, 0.2) is 0 Å². The molecule has 0 heterocycles. The summed E-state index contributed by atoms with van der Waals surface area (Å²) in [5.74, 6) is 0. The Morgan fingerprint density at radius 2 is 1.20 bits per heavy atom. The van der Waals surface area contributed by atoms with Crippen molar-refractivity contribution in [2.75, 3.05) is 0 Å². The van der Waals surface area contributed by atoms with Crippen molar-refractivity contribution >= 4 is 0 Å². The molecule has 0 bridgehead atoms. The van der Waals surface area contributed by atoms with Crippen LogP contribution in [0.4, 0.5) is 9.05 Å². The predicted molar refractivity (Wildman–Crippen MR) is 8.32 cm³/mol. The molecule has 0 aromatic rings. The number of rotatable bonds is 0. The second kappa shape index (κ2) is 24.6. The Morgan fingerprint density at radius 3 is 1.20 bits per heavy atom. The van der Waals surface area contributed by atoms with E-state index in [1.54, 1.807) is 0 Å². The van der Waals surface area contributed by atoms with Gasteiger partial charge in [-0.25, -0.2) is 0 Å². The first kappa shape index (κ1) is 17.8. The van der Waals surface area contributed by atoms with Crippen LogP contribution in [0.5, 0.6) is 0 Å². The second-order valence-corrected chi connectivity index (χ2v) is 0.0583. The van der Waals surface area contributed by atoms with E-state index in [4.69, 9.17) is 9.05 Å². The first-order chi connectivity index (χ1) is 1.41. The average Bonchev–Trinajstić information content (AvgIpc) is 0.918. The minimum Gasteiger partial charge on any atom is -0.344 e. The zero-order valence-electron chi connectivity index (χ0n) is 2.37. The molecule has 0 aliphatic heterocycles. The van der Waals surface area contributed by atoms with Gasteiger partial charge in [0.05, 0.1) is 0 Å². The molecule has 28 valence electrons. The van der Waals surface area contributed by atoms with Crippen LogP contribution >= 0.6 is 0 Å². The van der Waals surface area contributed by atoms with E-state index in [9.17, 15) is 0 Å². The molecule has 0 rings (SSSR count).